The van der Waals surface area contributed by atoms with Crippen molar-refractivity contribution in [2.45, 2.75) is 0 Å². The number of carboxylic acid groups (broad SMARTS) is 1. The molecule has 1 aromatic heterocycles. The largest absolute Gasteiger partial charge is 0.497 e. The SMILES string of the molecule is COc1ccc2nc(-c3ccc(C(=O)O)cc3Cl)ccc2c1. The Kier molecular flexibility index (Phi) is 3.69. The van der Waals surface area contributed by atoms with Gasteiger partial charge in [-0.15, -0.1) is 0 Å². The average Bonchev–Trinajstić information content (AvgIpc) is 2.53. The molecule has 0 radical (unpaired) electrons. The molecule has 22 heavy (non-hydrogen) atoms. The predicted molar refractivity (Wildman–Crippen MR) is 85.7 cm³/mol. The van der Waals surface area contributed by atoms with Crippen LogP contribution in [0.25, 0.3) is 22.2 Å². The molecule has 0 fully saturated rings. The van der Waals surface area contributed by atoms with Gasteiger partial charge in [0.25, 0.3) is 0 Å². The highest BCUT2D eigenvalue weighted by Gasteiger charge is 2.10. The molecule has 0 saturated heterocycles. The molecule has 3 aromatic rings. The Bertz CT molecular complexity index is 877. The van der Waals surface area contributed by atoms with Crippen molar-refractivity contribution in [3.63, 3.8) is 0 Å². The summed E-state index contributed by atoms with van der Waals surface area (Å²) in [5.41, 5.74) is 2.36. The molecule has 0 aliphatic heterocycles. The summed E-state index contributed by atoms with van der Waals surface area (Å²) in [7, 11) is 1.62. The van der Waals surface area contributed by atoms with E-state index in [-0.39, 0.29) is 5.56 Å². The maximum Gasteiger partial charge on any atom is 0.335 e. The molecule has 0 atom stereocenters. The van der Waals surface area contributed by atoms with Gasteiger partial charge in [-0.2, -0.15) is 0 Å². The molecule has 5 heteroatoms. The summed E-state index contributed by atoms with van der Waals surface area (Å²) < 4.78 is 5.19. The fourth-order valence-corrected chi connectivity index (χ4v) is 2.51. The van der Waals surface area contributed by atoms with Crippen molar-refractivity contribution in [2.24, 2.45) is 0 Å². The number of hydrogen-bond acceptors (Lipinski definition) is 3. The van der Waals surface area contributed by atoms with Crippen molar-refractivity contribution in [2.75, 3.05) is 7.11 Å². The van der Waals surface area contributed by atoms with Gasteiger partial charge in [0, 0.05) is 10.9 Å². The van der Waals surface area contributed by atoms with E-state index in [1.165, 1.54) is 12.1 Å². The van der Waals surface area contributed by atoms with E-state index in [4.69, 9.17) is 21.4 Å². The Morgan fingerprint density at radius 3 is 2.64 bits per heavy atom. The molecule has 3 rings (SSSR count). The summed E-state index contributed by atoms with van der Waals surface area (Å²) >= 11 is 6.18. The van der Waals surface area contributed by atoms with E-state index < -0.39 is 5.97 Å². The zero-order chi connectivity index (χ0) is 15.7. The van der Waals surface area contributed by atoms with Gasteiger partial charge in [-0.1, -0.05) is 23.7 Å². The highest BCUT2D eigenvalue weighted by atomic mass is 35.5. The number of halogens is 1. The molecule has 0 saturated carbocycles. The molecule has 0 spiro atoms. The van der Waals surface area contributed by atoms with E-state index in [2.05, 4.69) is 4.98 Å². The number of ether oxygens (including phenoxy) is 1. The van der Waals surface area contributed by atoms with Crippen LogP contribution in [-0.4, -0.2) is 23.2 Å². The van der Waals surface area contributed by atoms with Crippen molar-refractivity contribution in [1.82, 2.24) is 4.98 Å². The summed E-state index contributed by atoms with van der Waals surface area (Å²) in [6, 6.07) is 14.0. The van der Waals surface area contributed by atoms with E-state index in [1.54, 1.807) is 13.2 Å². The minimum atomic E-state index is -1.01. The monoisotopic (exact) mass is 313 g/mol. The Hall–Kier alpha value is -2.59. The van der Waals surface area contributed by atoms with Crippen molar-refractivity contribution in [3.05, 3.63) is 59.1 Å². The second kappa shape index (κ2) is 5.66. The summed E-state index contributed by atoms with van der Waals surface area (Å²) in [6.07, 6.45) is 0. The molecule has 2 aromatic carbocycles. The van der Waals surface area contributed by atoms with Gasteiger partial charge in [0.2, 0.25) is 0 Å². The van der Waals surface area contributed by atoms with Crippen molar-refractivity contribution in [1.29, 1.82) is 0 Å². The van der Waals surface area contributed by atoms with Crippen LogP contribution in [-0.2, 0) is 0 Å². The van der Waals surface area contributed by atoms with Crippen LogP contribution in [0.3, 0.4) is 0 Å². The average molecular weight is 314 g/mol. The fraction of sp³-hybridized carbons (Fsp3) is 0.0588. The predicted octanol–water partition coefficient (Wildman–Crippen LogP) is 4.26. The number of benzene rings is 2. The number of hydrogen-bond donors (Lipinski definition) is 1. The van der Waals surface area contributed by atoms with E-state index in [1.807, 2.05) is 30.3 Å². The summed E-state index contributed by atoms with van der Waals surface area (Å²) in [5.74, 6) is -0.238. The first kappa shape index (κ1) is 14.4. The number of carbonyl (C=O) groups is 1. The van der Waals surface area contributed by atoms with Gasteiger partial charge in [-0.3, -0.25) is 0 Å². The second-order valence-corrected chi connectivity index (χ2v) is 5.16. The lowest BCUT2D eigenvalue weighted by atomic mass is 10.1. The molecule has 4 nitrogen and oxygen atoms in total. The van der Waals surface area contributed by atoms with E-state index >= 15 is 0 Å². The number of aromatic nitrogens is 1. The van der Waals surface area contributed by atoms with E-state index in [0.29, 0.717) is 16.3 Å². The molecule has 0 unspecified atom stereocenters. The van der Waals surface area contributed by atoms with Gasteiger partial charge in [-0.25, -0.2) is 9.78 Å². The first-order valence-electron chi connectivity index (χ1n) is 6.56. The standard InChI is InChI=1S/C17H12ClNO3/c1-22-12-4-7-15-10(8-12)3-6-16(19-15)13-5-2-11(17(20)21)9-14(13)18/h2-9H,1H3,(H,20,21). The fourth-order valence-electron chi connectivity index (χ4n) is 2.24. The van der Waals surface area contributed by atoms with Crippen LogP contribution in [0.2, 0.25) is 5.02 Å². The second-order valence-electron chi connectivity index (χ2n) is 4.75. The lowest BCUT2D eigenvalue weighted by molar-refractivity contribution is 0.0697. The molecule has 0 aliphatic carbocycles. The molecule has 1 N–H and O–H groups in total. The van der Waals surface area contributed by atoms with E-state index in [9.17, 15) is 4.79 Å². The maximum atomic E-state index is 11.0. The van der Waals surface area contributed by atoms with Crippen LogP contribution in [0.15, 0.2) is 48.5 Å². The minimum absolute atomic E-state index is 0.152. The third-order valence-electron chi connectivity index (χ3n) is 3.39. The van der Waals surface area contributed by atoms with Gasteiger partial charge in [-0.05, 0) is 36.4 Å². The maximum absolute atomic E-state index is 11.0. The van der Waals surface area contributed by atoms with Crippen LogP contribution >= 0.6 is 11.6 Å². The Labute approximate surface area is 131 Å². The van der Waals surface area contributed by atoms with Gasteiger partial charge in [0.05, 0.1) is 28.9 Å². The molecular formula is C17H12ClNO3. The van der Waals surface area contributed by atoms with Gasteiger partial charge in [0.1, 0.15) is 5.75 Å². The number of pyridine rings is 1. The number of carboxylic acids is 1. The molecular weight excluding hydrogens is 302 g/mol. The van der Waals surface area contributed by atoms with Crippen LogP contribution < -0.4 is 4.74 Å². The number of aromatic carboxylic acids is 1. The van der Waals surface area contributed by atoms with Gasteiger partial charge >= 0.3 is 5.97 Å². The molecule has 1 heterocycles. The summed E-state index contributed by atoms with van der Waals surface area (Å²) in [5, 5.41) is 10.3. The number of rotatable bonds is 3. The minimum Gasteiger partial charge on any atom is -0.497 e. The quantitative estimate of drug-likeness (QED) is 0.784. The number of nitrogens with zero attached hydrogens (tertiary/aromatic N) is 1. The summed E-state index contributed by atoms with van der Waals surface area (Å²) in [4.78, 5) is 15.5. The van der Waals surface area contributed by atoms with Crippen LogP contribution in [0, 0.1) is 0 Å². The smallest absolute Gasteiger partial charge is 0.335 e. The topological polar surface area (TPSA) is 59.4 Å². The van der Waals surface area contributed by atoms with Gasteiger partial charge < -0.3 is 9.84 Å². The zero-order valence-electron chi connectivity index (χ0n) is 11.7. The van der Waals surface area contributed by atoms with Crippen LogP contribution in [0.1, 0.15) is 10.4 Å². The Morgan fingerprint density at radius 1 is 1.14 bits per heavy atom. The first-order chi connectivity index (χ1) is 10.6. The normalized spacial score (nSPS) is 10.6. The van der Waals surface area contributed by atoms with E-state index in [0.717, 1.165) is 16.7 Å². The van der Waals surface area contributed by atoms with Gasteiger partial charge in [0.15, 0.2) is 0 Å². The van der Waals surface area contributed by atoms with Crippen LogP contribution in [0.5, 0.6) is 5.75 Å². The Morgan fingerprint density at radius 2 is 1.95 bits per heavy atom. The first-order valence-corrected chi connectivity index (χ1v) is 6.94. The number of methoxy groups -OCH3 is 1. The Balaban J connectivity index is 2.08. The van der Waals surface area contributed by atoms with Crippen LogP contribution in [0.4, 0.5) is 0 Å². The third kappa shape index (κ3) is 2.61. The molecule has 0 amide bonds. The van der Waals surface area contributed by atoms with Crippen molar-refractivity contribution in [3.8, 4) is 17.0 Å². The molecule has 0 aliphatic rings. The highest BCUT2D eigenvalue weighted by Crippen LogP contribution is 2.29. The molecule has 0 bridgehead atoms. The van der Waals surface area contributed by atoms with Crippen molar-refractivity contribution < 1.29 is 14.6 Å². The zero-order valence-corrected chi connectivity index (χ0v) is 12.5. The van der Waals surface area contributed by atoms with Crippen molar-refractivity contribution >= 4 is 28.5 Å². The summed E-state index contributed by atoms with van der Waals surface area (Å²) in [6.45, 7) is 0. The third-order valence-corrected chi connectivity index (χ3v) is 3.70. The molecule has 110 valence electrons. The lowest BCUT2D eigenvalue weighted by Gasteiger charge is -2.07. The lowest BCUT2D eigenvalue weighted by Crippen LogP contribution is -1.96. The number of fused-ring (bicyclic) bond motifs is 1. The highest BCUT2D eigenvalue weighted by molar-refractivity contribution is 6.33.